The maximum atomic E-state index is 10.7. The minimum atomic E-state index is -1.13. The van der Waals surface area contributed by atoms with Crippen molar-refractivity contribution in [3.63, 3.8) is 0 Å². The van der Waals surface area contributed by atoms with E-state index in [1.165, 1.54) is 0 Å². The van der Waals surface area contributed by atoms with Crippen LogP contribution in [0.4, 0.5) is 0 Å². The van der Waals surface area contributed by atoms with E-state index < -0.39 is 5.97 Å². The van der Waals surface area contributed by atoms with Crippen LogP contribution in [-0.2, 0) is 4.79 Å². The lowest BCUT2D eigenvalue weighted by atomic mass is 9.72. The Balaban J connectivity index is 4.43. The van der Waals surface area contributed by atoms with Crippen LogP contribution in [0.3, 0.4) is 0 Å². The topological polar surface area (TPSA) is 40.1 Å². The van der Waals surface area contributed by atoms with E-state index in [2.05, 4.69) is 20.4 Å². The Labute approximate surface area is 87.0 Å². The summed E-state index contributed by atoms with van der Waals surface area (Å²) >= 11 is 0. The second-order valence-electron chi connectivity index (χ2n) is 4.53. The van der Waals surface area contributed by atoms with Crippen LogP contribution in [0.1, 0.15) is 47.0 Å². The lowest BCUT2D eigenvalue weighted by Gasteiger charge is -2.34. The Morgan fingerprint density at radius 1 is 1.50 bits per heavy atom. The van der Waals surface area contributed by atoms with Crippen molar-refractivity contribution in [3.05, 3.63) is 12.2 Å². The summed E-state index contributed by atoms with van der Waals surface area (Å²) in [6, 6.07) is 0. The highest BCUT2D eigenvalue weighted by atomic mass is 16.4. The molecule has 0 aromatic heterocycles. The van der Waals surface area contributed by atoms with Gasteiger partial charge in [-0.25, -0.2) is 0 Å². The molecule has 0 saturated carbocycles. The Bertz CT molecular complexity index is 216. The van der Waals surface area contributed by atoms with E-state index in [9.17, 15) is 9.90 Å². The van der Waals surface area contributed by atoms with E-state index in [1.54, 1.807) is 0 Å². The van der Waals surface area contributed by atoms with E-state index in [0.29, 0.717) is 5.92 Å². The molecule has 0 aromatic rings. The molecule has 0 aliphatic carbocycles. The molecule has 0 aliphatic rings. The van der Waals surface area contributed by atoms with Gasteiger partial charge >= 0.3 is 0 Å². The normalized spacial score (nSPS) is 13.7. The quantitative estimate of drug-likeness (QED) is 0.612. The largest absolute Gasteiger partial charge is 0.545 e. The molecule has 1 unspecified atom stereocenters. The van der Waals surface area contributed by atoms with Gasteiger partial charge in [-0.05, 0) is 23.3 Å². The standard InChI is InChI=1S/C12H22O2/c1-6-7-8-9(2)12(4,5)10(3)11(13)14/h9H,3,6-8H2,1-2,4-5H3,(H,13,14)/p-1. The molecule has 0 aliphatic heterocycles. The van der Waals surface area contributed by atoms with Crippen molar-refractivity contribution < 1.29 is 9.90 Å². The van der Waals surface area contributed by atoms with Crippen LogP contribution < -0.4 is 5.11 Å². The number of unbranched alkanes of at least 4 members (excludes halogenated alkanes) is 1. The Kier molecular flexibility index (Phi) is 4.89. The van der Waals surface area contributed by atoms with E-state index in [1.807, 2.05) is 13.8 Å². The number of hydrogen-bond acceptors (Lipinski definition) is 2. The summed E-state index contributed by atoms with van der Waals surface area (Å²) in [5.41, 5.74) is -0.158. The number of hydrogen-bond donors (Lipinski definition) is 0. The van der Waals surface area contributed by atoms with Crippen molar-refractivity contribution in [1.29, 1.82) is 0 Å². The average molecular weight is 197 g/mol. The molecular weight excluding hydrogens is 176 g/mol. The summed E-state index contributed by atoms with van der Waals surface area (Å²) in [5, 5.41) is 10.7. The predicted molar refractivity (Wildman–Crippen MR) is 56.6 cm³/mol. The van der Waals surface area contributed by atoms with Crippen molar-refractivity contribution in [2.24, 2.45) is 11.3 Å². The summed E-state index contributed by atoms with van der Waals surface area (Å²) < 4.78 is 0. The van der Waals surface area contributed by atoms with Crippen molar-refractivity contribution >= 4 is 5.97 Å². The number of carbonyl (C=O) groups is 1. The van der Waals surface area contributed by atoms with E-state index >= 15 is 0 Å². The van der Waals surface area contributed by atoms with Gasteiger partial charge < -0.3 is 9.90 Å². The number of carbonyl (C=O) groups excluding carboxylic acids is 1. The van der Waals surface area contributed by atoms with Gasteiger partial charge in [-0.1, -0.05) is 47.1 Å². The molecule has 0 heterocycles. The number of carboxylic acids is 1. The first-order valence-corrected chi connectivity index (χ1v) is 5.24. The fourth-order valence-electron chi connectivity index (χ4n) is 1.43. The van der Waals surface area contributed by atoms with Crippen LogP contribution in [-0.4, -0.2) is 5.97 Å². The van der Waals surface area contributed by atoms with Gasteiger partial charge in [0.15, 0.2) is 0 Å². The zero-order chi connectivity index (χ0) is 11.4. The van der Waals surface area contributed by atoms with Crippen molar-refractivity contribution in [2.45, 2.75) is 47.0 Å². The third kappa shape index (κ3) is 3.17. The highest BCUT2D eigenvalue weighted by Gasteiger charge is 2.28. The third-order valence-electron chi connectivity index (χ3n) is 3.25. The van der Waals surface area contributed by atoms with Crippen LogP contribution in [0.2, 0.25) is 0 Å². The Morgan fingerprint density at radius 2 is 2.00 bits per heavy atom. The minimum Gasteiger partial charge on any atom is -0.545 e. The first-order chi connectivity index (χ1) is 6.34. The summed E-state index contributed by atoms with van der Waals surface area (Å²) in [4.78, 5) is 10.7. The summed E-state index contributed by atoms with van der Waals surface area (Å²) in [6.45, 7) is 11.6. The van der Waals surface area contributed by atoms with E-state index in [0.717, 1.165) is 19.3 Å². The number of aliphatic carboxylic acids is 1. The average Bonchev–Trinajstić information content (AvgIpc) is 2.12. The number of rotatable bonds is 6. The van der Waals surface area contributed by atoms with Gasteiger partial charge in [0.05, 0.1) is 5.97 Å². The molecule has 14 heavy (non-hydrogen) atoms. The van der Waals surface area contributed by atoms with Crippen molar-refractivity contribution in [2.75, 3.05) is 0 Å². The smallest absolute Gasteiger partial charge is 0.0674 e. The zero-order valence-corrected chi connectivity index (χ0v) is 9.72. The molecule has 1 atom stereocenters. The molecule has 0 N–H and O–H groups in total. The maximum Gasteiger partial charge on any atom is 0.0674 e. The maximum absolute atomic E-state index is 10.7. The number of carboxylic acid groups (broad SMARTS) is 1. The highest BCUT2D eigenvalue weighted by Crippen LogP contribution is 2.36. The molecule has 0 bridgehead atoms. The van der Waals surface area contributed by atoms with Crippen LogP contribution in [0.25, 0.3) is 0 Å². The minimum absolute atomic E-state index is 0.209. The first kappa shape index (κ1) is 13.2. The monoisotopic (exact) mass is 197 g/mol. The first-order valence-electron chi connectivity index (χ1n) is 5.24. The van der Waals surface area contributed by atoms with E-state index in [-0.39, 0.29) is 11.0 Å². The molecule has 2 nitrogen and oxygen atoms in total. The fraction of sp³-hybridized carbons (Fsp3) is 0.750. The molecule has 0 aromatic carbocycles. The zero-order valence-electron chi connectivity index (χ0n) is 9.72. The van der Waals surface area contributed by atoms with Crippen LogP contribution >= 0.6 is 0 Å². The molecule has 0 radical (unpaired) electrons. The second kappa shape index (κ2) is 5.18. The van der Waals surface area contributed by atoms with Crippen molar-refractivity contribution in [3.8, 4) is 0 Å². The van der Waals surface area contributed by atoms with Crippen molar-refractivity contribution in [1.82, 2.24) is 0 Å². The lowest BCUT2D eigenvalue weighted by Crippen LogP contribution is -2.35. The van der Waals surface area contributed by atoms with Gasteiger partial charge in [-0.15, -0.1) is 0 Å². The highest BCUT2D eigenvalue weighted by molar-refractivity contribution is 5.85. The lowest BCUT2D eigenvalue weighted by molar-refractivity contribution is -0.300. The molecule has 0 spiro atoms. The molecule has 0 amide bonds. The van der Waals surface area contributed by atoms with Crippen LogP contribution in [0, 0.1) is 11.3 Å². The molecular formula is C12H21O2-. The SMILES string of the molecule is C=C(C(=O)[O-])C(C)(C)C(C)CCCC. The van der Waals surface area contributed by atoms with Gasteiger partial charge in [-0.3, -0.25) is 0 Å². The molecule has 82 valence electrons. The third-order valence-corrected chi connectivity index (χ3v) is 3.25. The van der Waals surface area contributed by atoms with E-state index in [4.69, 9.17) is 0 Å². The molecule has 0 rings (SSSR count). The van der Waals surface area contributed by atoms with Crippen LogP contribution in [0.5, 0.6) is 0 Å². The molecule has 2 heteroatoms. The summed E-state index contributed by atoms with van der Waals surface area (Å²) in [7, 11) is 0. The summed E-state index contributed by atoms with van der Waals surface area (Å²) in [5.74, 6) is -0.800. The van der Waals surface area contributed by atoms with Gasteiger partial charge in [0.25, 0.3) is 0 Å². The van der Waals surface area contributed by atoms with Gasteiger partial charge in [0, 0.05) is 0 Å². The second-order valence-corrected chi connectivity index (χ2v) is 4.53. The van der Waals surface area contributed by atoms with Gasteiger partial charge in [0.1, 0.15) is 0 Å². The molecule has 0 fully saturated rings. The fourth-order valence-corrected chi connectivity index (χ4v) is 1.43. The molecule has 0 saturated heterocycles. The van der Waals surface area contributed by atoms with Gasteiger partial charge in [-0.2, -0.15) is 0 Å². The Morgan fingerprint density at radius 3 is 2.36 bits per heavy atom. The summed E-state index contributed by atoms with van der Waals surface area (Å²) in [6.07, 6.45) is 3.30. The van der Waals surface area contributed by atoms with Crippen LogP contribution in [0.15, 0.2) is 12.2 Å². The van der Waals surface area contributed by atoms with Gasteiger partial charge in [0.2, 0.25) is 0 Å². The Hall–Kier alpha value is -0.790. The predicted octanol–water partition coefficient (Wildman–Crippen LogP) is 2.14.